The van der Waals surface area contributed by atoms with E-state index in [1.54, 1.807) is 6.20 Å². The molecule has 2 heterocycles. The number of amides is 1. The highest BCUT2D eigenvalue weighted by molar-refractivity contribution is 6.78. The summed E-state index contributed by atoms with van der Waals surface area (Å²) >= 11 is 0. The highest BCUT2D eigenvalue weighted by Gasteiger charge is 2.47. The Labute approximate surface area is 193 Å². The number of benzene rings is 1. The van der Waals surface area contributed by atoms with Crippen molar-refractivity contribution in [1.82, 2.24) is 4.98 Å². The Morgan fingerprint density at radius 1 is 0.969 bits per heavy atom. The van der Waals surface area contributed by atoms with Gasteiger partial charge in [0.05, 0.1) is 0 Å². The number of nitrogens with zero attached hydrogens (tertiary/aromatic N) is 1. The monoisotopic (exact) mass is 454 g/mol. The minimum absolute atomic E-state index is 0.00982. The lowest BCUT2D eigenvalue weighted by Gasteiger charge is -2.42. The predicted octanol–water partition coefficient (Wildman–Crippen LogP) is 6.22. The number of carbonyl (C=O) groups excluding carboxylic acids is 1. The van der Waals surface area contributed by atoms with Crippen molar-refractivity contribution in [2.24, 2.45) is 0 Å². The molecule has 0 saturated heterocycles. The largest absolute Gasteiger partial charge is 0.543 e. The second-order valence-corrected chi connectivity index (χ2v) is 15.5. The van der Waals surface area contributed by atoms with Crippen LogP contribution in [0.3, 0.4) is 0 Å². The molecule has 1 amide bonds. The van der Waals surface area contributed by atoms with Crippen molar-refractivity contribution in [3.05, 3.63) is 52.2 Å². The summed E-state index contributed by atoms with van der Waals surface area (Å²) < 4.78 is 6.88. The number of carbonyl (C=O) groups is 1. The number of rotatable bonds is 7. The van der Waals surface area contributed by atoms with Crippen molar-refractivity contribution >= 4 is 20.0 Å². The molecule has 32 heavy (non-hydrogen) atoms. The van der Waals surface area contributed by atoms with Crippen molar-refractivity contribution in [3.63, 3.8) is 0 Å². The summed E-state index contributed by atoms with van der Waals surface area (Å²) in [5.74, 6) is 1.50. The lowest BCUT2D eigenvalue weighted by Crippen LogP contribution is -2.50. The van der Waals surface area contributed by atoms with Gasteiger partial charge in [0.1, 0.15) is 17.7 Å². The predicted molar refractivity (Wildman–Crippen MR) is 133 cm³/mol. The molecule has 0 fully saturated rings. The average molecular weight is 455 g/mol. The van der Waals surface area contributed by atoms with Gasteiger partial charge in [-0.15, -0.1) is 0 Å². The quantitative estimate of drug-likeness (QED) is 0.487. The van der Waals surface area contributed by atoms with Crippen molar-refractivity contribution < 1.29 is 14.3 Å². The summed E-state index contributed by atoms with van der Waals surface area (Å²) in [4.78, 5) is 16.0. The van der Waals surface area contributed by atoms with E-state index in [9.17, 15) is 9.90 Å². The number of aromatic nitrogens is 1. The highest BCUT2D eigenvalue weighted by Crippen LogP contribution is 2.43. The summed E-state index contributed by atoms with van der Waals surface area (Å²) in [6.07, 6.45) is 1.98. The van der Waals surface area contributed by atoms with E-state index in [-0.39, 0.29) is 5.91 Å². The average Bonchev–Trinajstić information content (AvgIpc) is 2.70. The summed E-state index contributed by atoms with van der Waals surface area (Å²) in [6.45, 7) is 17.8. The second-order valence-electron chi connectivity index (χ2n) is 10.1. The first-order valence-electron chi connectivity index (χ1n) is 11.7. The number of fused-ring (bicyclic) bond motifs is 1. The molecule has 2 aromatic rings. The molecule has 5 nitrogen and oxygen atoms in total. The van der Waals surface area contributed by atoms with Gasteiger partial charge in [0.2, 0.25) is 5.91 Å². The fraction of sp³-hybridized carbons (Fsp3) is 0.538. The summed E-state index contributed by atoms with van der Waals surface area (Å²) in [6, 6.07) is 6.11. The first-order valence-corrected chi connectivity index (χ1v) is 13.9. The van der Waals surface area contributed by atoms with Crippen molar-refractivity contribution in [2.45, 2.75) is 91.0 Å². The van der Waals surface area contributed by atoms with Gasteiger partial charge in [0.25, 0.3) is 8.32 Å². The SMILES string of the molecule is Cc1cc(O[Si](C(C)C)(C(C)C)C(C)C)cc(C)c1C(O)c1cnc2c(c1)CCC(=O)N2. The Hall–Kier alpha value is -2.18. The maximum absolute atomic E-state index is 11.6. The van der Waals surface area contributed by atoms with Crippen LogP contribution in [-0.2, 0) is 11.2 Å². The number of aryl methyl sites for hydroxylation is 3. The number of nitrogens with one attached hydrogen (secondary N) is 1. The van der Waals surface area contributed by atoms with Gasteiger partial charge in [-0.2, -0.15) is 0 Å². The first-order chi connectivity index (χ1) is 15.0. The van der Waals surface area contributed by atoms with Crippen LogP contribution in [0.4, 0.5) is 5.82 Å². The number of aliphatic hydroxyl groups is 1. The number of aliphatic hydroxyl groups excluding tert-OH is 1. The lowest BCUT2D eigenvalue weighted by atomic mass is 9.92. The molecule has 0 radical (unpaired) electrons. The number of hydrogen-bond acceptors (Lipinski definition) is 4. The first kappa shape index (κ1) is 24.5. The van der Waals surface area contributed by atoms with Crippen LogP contribution in [0.1, 0.15) is 81.9 Å². The van der Waals surface area contributed by atoms with E-state index in [2.05, 4.69) is 64.0 Å². The van der Waals surface area contributed by atoms with E-state index in [0.717, 1.165) is 33.6 Å². The maximum Gasteiger partial charge on any atom is 0.258 e. The van der Waals surface area contributed by atoms with Gasteiger partial charge < -0.3 is 14.8 Å². The molecule has 0 bridgehead atoms. The Balaban J connectivity index is 1.95. The normalized spacial score (nSPS) is 15.2. The molecule has 1 aliphatic rings. The molecule has 0 aliphatic carbocycles. The van der Waals surface area contributed by atoms with Crippen LogP contribution in [0.25, 0.3) is 0 Å². The minimum atomic E-state index is -2.05. The minimum Gasteiger partial charge on any atom is -0.543 e. The number of anilines is 1. The summed E-state index contributed by atoms with van der Waals surface area (Å²) in [5, 5.41) is 14.0. The smallest absolute Gasteiger partial charge is 0.258 e. The second kappa shape index (κ2) is 9.36. The standard InChI is InChI=1S/C26H38N2O3Si/c1-15(2)32(16(3)4,17(5)6)31-22-11-18(7)24(19(8)12-22)25(30)21-13-20-9-10-23(29)28-26(20)27-14-21/h11-17,25,30H,9-10H2,1-8H3,(H,27,28,29). The molecular weight excluding hydrogens is 416 g/mol. The maximum atomic E-state index is 11.6. The molecule has 1 aromatic carbocycles. The zero-order chi connectivity index (χ0) is 23.8. The van der Waals surface area contributed by atoms with Crippen molar-refractivity contribution in [2.75, 3.05) is 5.32 Å². The van der Waals surface area contributed by atoms with Crippen LogP contribution in [0, 0.1) is 13.8 Å². The van der Waals surface area contributed by atoms with E-state index >= 15 is 0 Å². The Morgan fingerprint density at radius 2 is 1.53 bits per heavy atom. The third-order valence-electron chi connectivity index (χ3n) is 7.03. The molecule has 3 rings (SSSR count). The topological polar surface area (TPSA) is 71.5 Å². The Morgan fingerprint density at radius 3 is 2.06 bits per heavy atom. The lowest BCUT2D eigenvalue weighted by molar-refractivity contribution is -0.116. The number of hydrogen-bond donors (Lipinski definition) is 2. The molecule has 1 unspecified atom stereocenters. The third kappa shape index (κ3) is 4.48. The van der Waals surface area contributed by atoms with Crippen LogP contribution in [0.5, 0.6) is 5.75 Å². The highest BCUT2D eigenvalue weighted by atomic mass is 28.4. The van der Waals surface area contributed by atoms with Crippen molar-refractivity contribution in [1.29, 1.82) is 0 Å². The van der Waals surface area contributed by atoms with Gasteiger partial charge >= 0.3 is 0 Å². The fourth-order valence-electron chi connectivity index (χ4n) is 5.57. The van der Waals surface area contributed by atoms with Crippen LogP contribution in [0.15, 0.2) is 24.4 Å². The van der Waals surface area contributed by atoms with E-state index in [1.165, 1.54) is 0 Å². The molecule has 6 heteroatoms. The van der Waals surface area contributed by atoms with Gasteiger partial charge in [-0.25, -0.2) is 4.98 Å². The van der Waals surface area contributed by atoms with Crippen LogP contribution in [-0.4, -0.2) is 24.3 Å². The van der Waals surface area contributed by atoms with E-state index in [0.29, 0.717) is 35.3 Å². The van der Waals surface area contributed by atoms with Crippen LogP contribution in [0.2, 0.25) is 16.6 Å². The van der Waals surface area contributed by atoms with Crippen molar-refractivity contribution in [3.8, 4) is 5.75 Å². The molecule has 1 aliphatic heterocycles. The van der Waals surface area contributed by atoms with Gasteiger partial charge in [-0.05, 0) is 77.3 Å². The van der Waals surface area contributed by atoms with Gasteiger partial charge in [-0.3, -0.25) is 4.79 Å². The molecule has 0 saturated carbocycles. The fourth-order valence-corrected chi connectivity index (χ4v) is 10.8. The van der Waals surface area contributed by atoms with Gasteiger partial charge in [0, 0.05) is 18.2 Å². The summed E-state index contributed by atoms with van der Waals surface area (Å²) in [7, 11) is -2.05. The molecule has 174 valence electrons. The van der Waals surface area contributed by atoms with Gasteiger partial charge in [0.15, 0.2) is 0 Å². The molecule has 2 N–H and O–H groups in total. The molecular formula is C26H38N2O3Si. The molecule has 0 spiro atoms. The molecule has 1 atom stereocenters. The van der Waals surface area contributed by atoms with E-state index in [1.807, 2.05) is 19.9 Å². The van der Waals surface area contributed by atoms with E-state index < -0.39 is 14.4 Å². The van der Waals surface area contributed by atoms with Crippen LogP contribution < -0.4 is 9.74 Å². The van der Waals surface area contributed by atoms with E-state index in [4.69, 9.17) is 4.43 Å². The Kier molecular flexibility index (Phi) is 7.15. The number of pyridine rings is 1. The van der Waals surface area contributed by atoms with Gasteiger partial charge in [-0.1, -0.05) is 41.5 Å². The molecule has 1 aromatic heterocycles. The third-order valence-corrected chi connectivity index (χ3v) is 13.0. The van der Waals surface area contributed by atoms with Crippen LogP contribution >= 0.6 is 0 Å². The zero-order valence-corrected chi connectivity index (χ0v) is 21.7. The zero-order valence-electron chi connectivity index (χ0n) is 20.7. The Bertz CT molecular complexity index is 956. The summed E-state index contributed by atoms with van der Waals surface area (Å²) in [5.41, 5.74) is 6.12.